The van der Waals surface area contributed by atoms with Gasteiger partial charge >= 0.3 is 6.18 Å². The summed E-state index contributed by atoms with van der Waals surface area (Å²) in [4.78, 5) is 12.0. The summed E-state index contributed by atoms with van der Waals surface area (Å²) in [5, 5.41) is 3.83. The maximum Gasteiger partial charge on any atom is 0.416 e. The third kappa shape index (κ3) is 4.69. The molecule has 0 aliphatic heterocycles. The Balaban J connectivity index is 2.14. The molecule has 0 bridgehead atoms. The number of carbonyl (C=O) groups excluding carboxylic acids is 1. The van der Waals surface area contributed by atoms with E-state index in [1.165, 1.54) is 25.3 Å². The minimum absolute atomic E-state index is 0.0973. The van der Waals surface area contributed by atoms with E-state index in [1.54, 1.807) is 0 Å². The van der Waals surface area contributed by atoms with Crippen LogP contribution in [-0.2, 0) is 6.18 Å². The quantitative estimate of drug-likeness (QED) is 0.493. The van der Waals surface area contributed by atoms with Gasteiger partial charge in [-0.2, -0.15) is 18.3 Å². The van der Waals surface area contributed by atoms with Crippen LogP contribution in [0.15, 0.2) is 41.5 Å². The van der Waals surface area contributed by atoms with Crippen LogP contribution in [0, 0.1) is 5.82 Å². The zero-order valence-corrected chi connectivity index (χ0v) is 13.5. The lowest BCUT2D eigenvalue weighted by Gasteiger charge is -2.08. The number of hydrogen-bond acceptors (Lipinski definition) is 3. The second-order valence-corrected chi connectivity index (χ2v) is 5.21. The highest BCUT2D eigenvalue weighted by atomic mass is 35.5. The van der Waals surface area contributed by atoms with Crippen LogP contribution in [-0.4, -0.2) is 19.2 Å². The number of methoxy groups -OCH3 is 1. The van der Waals surface area contributed by atoms with Gasteiger partial charge in [-0.25, -0.2) is 9.82 Å². The van der Waals surface area contributed by atoms with E-state index in [1.807, 2.05) is 0 Å². The summed E-state index contributed by atoms with van der Waals surface area (Å²) >= 11 is 5.80. The number of amides is 1. The van der Waals surface area contributed by atoms with Crippen LogP contribution in [0.2, 0.25) is 5.02 Å². The van der Waals surface area contributed by atoms with Crippen molar-refractivity contribution >= 4 is 23.7 Å². The Kier molecular flexibility index (Phi) is 5.63. The molecule has 2 rings (SSSR count). The second kappa shape index (κ2) is 7.52. The van der Waals surface area contributed by atoms with Gasteiger partial charge in [-0.1, -0.05) is 11.6 Å². The molecule has 1 amide bonds. The molecule has 0 atom stereocenters. The predicted octanol–water partition coefficient (Wildman–Crippen LogP) is 4.27. The molecule has 0 saturated heterocycles. The fraction of sp³-hybridized carbons (Fsp3) is 0.125. The molecule has 0 spiro atoms. The zero-order chi connectivity index (χ0) is 18.6. The lowest BCUT2D eigenvalue weighted by Crippen LogP contribution is -2.18. The number of ether oxygens (including phenoxy) is 1. The molecule has 132 valence electrons. The third-order valence-corrected chi connectivity index (χ3v) is 3.34. The summed E-state index contributed by atoms with van der Waals surface area (Å²) in [5.41, 5.74) is 0.889. The molecule has 2 aromatic rings. The Morgan fingerprint density at radius 3 is 2.56 bits per heavy atom. The topological polar surface area (TPSA) is 50.7 Å². The van der Waals surface area contributed by atoms with Gasteiger partial charge in [0, 0.05) is 10.6 Å². The number of carbonyl (C=O) groups is 1. The van der Waals surface area contributed by atoms with Crippen molar-refractivity contribution < 1.29 is 27.1 Å². The highest BCUT2D eigenvalue weighted by Gasteiger charge is 2.31. The summed E-state index contributed by atoms with van der Waals surface area (Å²) in [6, 6.07) is 6.33. The summed E-state index contributed by atoms with van der Waals surface area (Å²) in [7, 11) is 1.36. The van der Waals surface area contributed by atoms with Gasteiger partial charge in [0.15, 0.2) is 0 Å². The summed E-state index contributed by atoms with van der Waals surface area (Å²) in [5.74, 6) is -1.55. The fourth-order valence-corrected chi connectivity index (χ4v) is 2.06. The molecular formula is C16H11ClF4N2O2. The zero-order valence-electron chi connectivity index (χ0n) is 12.7. The van der Waals surface area contributed by atoms with Crippen molar-refractivity contribution in [2.24, 2.45) is 5.10 Å². The van der Waals surface area contributed by atoms with Crippen LogP contribution < -0.4 is 10.2 Å². The normalized spacial score (nSPS) is 11.6. The Labute approximate surface area is 145 Å². The number of benzene rings is 2. The predicted molar refractivity (Wildman–Crippen MR) is 84.5 cm³/mol. The lowest BCUT2D eigenvalue weighted by atomic mass is 10.1. The Bertz CT molecular complexity index is 822. The van der Waals surface area contributed by atoms with Crippen molar-refractivity contribution in [3.05, 3.63) is 63.9 Å². The van der Waals surface area contributed by atoms with E-state index in [-0.39, 0.29) is 16.9 Å². The largest absolute Gasteiger partial charge is 0.496 e. The first-order chi connectivity index (χ1) is 11.7. The molecule has 0 heterocycles. The Hall–Kier alpha value is -2.61. The Morgan fingerprint density at radius 1 is 1.24 bits per heavy atom. The van der Waals surface area contributed by atoms with Crippen LogP contribution in [0.25, 0.3) is 0 Å². The summed E-state index contributed by atoms with van der Waals surface area (Å²) in [6.45, 7) is 0. The molecule has 0 unspecified atom stereocenters. The van der Waals surface area contributed by atoms with Gasteiger partial charge in [-0.3, -0.25) is 4.79 Å². The van der Waals surface area contributed by atoms with Gasteiger partial charge in [-0.15, -0.1) is 0 Å². The number of hydrogen-bond donors (Lipinski definition) is 1. The first kappa shape index (κ1) is 18.7. The van der Waals surface area contributed by atoms with E-state index in [2.05, 4.69) is 10.5 Å². The van der Waals surface area contributed by atoms with Gasteiger partial charge in [0.1, 0.15) is 11.6 Å². The third-order valence-electron chi connectivity index (χ3n) is 3.10. The number of nitrogens with zero attached hydrogens (tertiary/aromatic N) is 1. The van der Waals surface area contributed by atoms with Crippen LogP contribution in [0.1, 0.15) is 21.5 Å². The van der Waals surface area contributed by atoms with E-state index in [9.17, 15) is 22.4 Å². The molecular weight excluding hydrogens is 364 g/mol. The molecule has 2 aromatic carbocycles. The first-order valence-corrected chi connectivity index (χ1v) is 7.14. The molecule has 0 aliphatic carbocycles. The van der Waals surface area contributed by atoms with Gasteiger partial charge in [-0.05, 0) is 36.4 Å². The molecule has 0 aliphatic rings. The highest BCUT2D eigenvalue weighted by Crippen LogP contribution is 2.30. The van der Waals surface area contributed by atoms with Gasteiger partial charge < -0.3 is 4.74 Å². The number of halogens is 5. The smallest absolute Gasteiger partial charge is 0.416 e. The van der Waals surface area contributed by atoms with Gasteiger partial charge in [0.25, 0.3) is 5.91 Å². The van der Waals surface area contributed by atoms with Gasteiger partial charge in [0.05, 0.1) is 24.5 Å². The number of hydrazone groups is 1. The van der Waals surface area contributed by atoms with Crippen LogP contribution in [0.4, 0.5) is 17.6 Å². The van der Waals surface area contributed by atoms with E-state index >= 15 is 0 Å². The van der Waals surface area contributed by atoms with E-state index in [4.69, 9.17) is 16.3 Å². The van der Waals surface area contributed by atoms with Crippen molar-refractivity contribution in [1.82, 2.24) is 5.43 Å². The molecule has 0 radical (unpaired) electrons. The average molecular weight is 375 g/mol. The first-order valence-electron chi connectivity index (χ1n) is 6.76. The monoisotopic (exact) mass is 374 g/mol. The maximum atomic E-state index is 13.7. The molecule has 1 N–H and O–H groups in total. The van der Waals surface area contributed by atoms with E-state index < -0.39 is 23.5 Å². The standard InChI is InChI=1S/C16H11ClF4N2O2/c1-25-14-5-4-11(17)7-12(14)15(24)23-22-8-9-2-3-10(6-13(9)18)16(19,20)21/h2-8H,1H3,(H,23,24). The molecule has 0 saturated carbocycles. The summed E-state index contributed by atoms with van der Waals surface area (Å²) < 4.78 is 56.1. The van der Waals surface area contributed by atoms with Crippen LogP contribution in [0.5, 0.6) is 5.75 Å². The van der Waals surface area contributed by atoms with Crippen molar-refractivity contribution in [3.63, 3.8) is 0 Å². The Morgan fingerprint density at radius 2 is 1.96 bits per heavy atom. The molecule has 4 nitrogen and oxygen atoms in total. The fourth-order valence-electron chi connectivity index (χ4n) is 1.89. The minimum Gasteiger partial charge on any atom is -0.496 e. The highest BCUT2D eigenvalue weighted by molar-refractivity contribution is 6.31. The average Bonchev–Trinajstić information content (AvgIpc) is 2.55. The lowest BCUT2D eigenvalue weighted by molar-refractivity contribution is -0.137. The number of nitrogens with one attached hydrogen (secondary N) is 1. The molecule has 0 fully saturated rings. The SMILES string of the molecule is COc1ccc(Cl)cc1C(=O)NN=Cc1ccc(C(F)(F)F)cc1F. The second-order valence-electron chi connectivity index (χ2n) is 4.78. The number of rotatable bonds is 4. The van der Waals surface area contributed by atoms with Gasteiger partial charge in [0.2, 0.25) is 0 Å². The molecule has 25 heavy (non-hydrogen) atoms. The van der Waals surface area contributed by atoms with Crippen molar-refractivity contribution in [2.45, 2.75) is 6.18 Å². The molecule has 9 heteroatoms. The van der Waals surface area contributed by atoms with Crippen molar-refractivity contribution in [3.8, 4) is 5.75 Å². The minimum atomic E-state index is -4.64. The van der Waals surface area contributed by atoms with Crippen LogP contribution in [0.3, 0.4) is 0 Å². The van der Waals surface area contributed by atoms with Crippen molar-refractivity contribution in [1.29, 1.82) is 0 Å². The maximum absolute atomic E-state index is 13.7. The van der Waals surface area contributed by atoms with E-state index in [0.29, 0.717) is 17.2 Å². The number of alkyl halides is 3. The van der Waals surface area contributed by atoms with E-state index in [0.717, 1.165) is 12.3 Å². The summed E-state index contributed by atoms with van der Waals surface area (Å²) in [6.07, 6.45) is -3.75. The van der Waals surface area contributed by atoms with Crippen molar-refractivity contribution in [2.75, 3.05) is 7.11 Å². The molecule has 0 aromatic heterocycles. The van der Waals surface area contributed by atoms with Crippen LogP contribution >= 0.6 is 11.6 Å².